The predicted octanol–water partition coefficient (Wildman–Crippen LogP) is 5.00. The first-order chi connectivity index (χ1) is 11.3. The summed E-state index contributed by atoms with van der Waals surface area (Å²) in [6.07, 6.45) is 3.90. The highest BCUT2D eigenvalue weighted by Gasteiger charge is 2.28. The molecule has 0 aromatic heterocycles. The Hall–Kier alpha value is -1.45. The molecule has 0 radical (unpaired) electrons. The quantitative estimate of drug-likeness (QED) is 0.770. The van der Waals surface area contributed by atoms with Gasteiger partial charge in [-0.3, -0.25) is 0 Å². The lowest BCUT2D eigenvalue weighted by atomic mass is 9.90. The van der Waals surface area contributed by atoms with Crippen molar-refractivity contribution in [2.24, 2.45) is 5.92 Å². The summed E-state index contributed by atoms with van der Waals surface area (Å²) >= 11 is 1.83. The molecule has 0 N–H and O–H groups in total. The van der Waals surface area contributed by atoms with Crippen LogP contribution in [0.1, 0.15) is 30.9 Å². The van der Waals surface area contributed by atoms with Gasteiger partial charge in [-0.15, -0.1) is 0 Å². The lowest BCUT2D eigenvalue weighted by Gasteiger charge is -2.32. The standard InChI is InChI=1S/C20H23NOS/c1-21-12-6-7-15(14-21)13-18-16-8-2-4-10-19(16)23-20-11-5-3-9-17(20)22-18/h2-5,8-11,15,18H,6-7,12-14H2,1H3/t15-,18+/m1/s1. The Balaban J connectivity index is 1.65. The van der Waals surface area contributed by atoms with Crippen molar-refractivity contribution in [3.05, 3.63) is 54.1 Å². The summed E-state index contributed by atoms with van der Waals surface area (Å²) in [6, 6.07) is 17.2. The van der Waals surface area contributed by atoms with Crippen molar-refractivity contribution in [2.75, 3.05) is 20.1 Å². The maximum atomic E-state index is 6.48. The number of rotatable bonds is 2. The zero-order chi connectivity index (χ0) is 15.6. The molecule has 0 bridgehead atoms. The fourth-order valence-electron chi connectivity index (χ4n) is 3.75. The van der Waals surface area contributed by atoms with Crippen molar-refractivity contribution in [1.29, 1.82) is 0 Å². The topological polar surface area (TPSA) is 12.5 Å². The van der Waals surface area contributed by atoms with Crippen LogP contribution in [0.4, 0.5) is 0 Å². The van der Waals surface area contributed by atoms with E-state index in [1.165, 1.54) is 41.3 Å². The van der Waals surface area contributed by atoms with Crippen molar-refractivity contribution < 1.29 is 4.74 Å². The lowest BCUT2D eigenvalue weighted by molar-refractivity contribution is 0.124. The molecule has 120 valence electrons. The summed E-state index contributed by atoms with van der Waals surface area (Å²) in [4.78, 5) is 5.02. The Morgan fingerprint density at radius 2 is 1.87 bits per heavy atom. The second-order valence-corrected chi connectivity index (χ2v) is 7.78. The molecular formula is C20H23NOS. The average Bonchev–Trinajstić information content (AvgIpc) is 2.71. The number of para-hydroxylation sites is 1. The van der Waals surface area contributed by atoms with Crippen LogP contribution in [0.15, 0.2) is 58.3 Å². The number of hydrogen-bond acceptors (Lipinski definition) is 3. The summed E-state index contributed by atoms with van der Waals surface area (Å²) in [7, 11) is 2.24. The van der Waals surface area contributed by atoms with Crippen LogP contribution in [0.3, 0.4) is 0 Å². The summed E-state index contributed by atoms with van der Waals surface area (Å²) in [6.45, 7) is 2.42. The van der Waals surface area contributed by atoms with Gasteiger partial charge in [0.15, 0.2) is 0 Å². The number of ether oxygens (including phenoxy) is 1. The van der Waals surface area contributed by atoms with E-state index in [0.717, 1.165) is 18.1 Å². The molecular weight excluding hydrogens is 302 g/mol. The van der Waals surface area contributed by atoms with E-state index < -0.39 is 0 Å². The Bertz CT molecular complexity index is 687. The van der Waals surface area contributed by atoms with Crippen molar-refractivity contribution in [3.63, 3.8) is 0 Å². The molecule has 0 aliphatic carbocycles. The van der Waals surface area contributed by atoms with Crippen molar-refractivity contribution in [3.8, 4) is 5.75 Å². The minimum Gasteiger partial charge on any atom is -0.484 e. The van der Waals surface area contributed by atoms with Crippen LogP contribution in [0.2, 0.25) is 0 Å². The van der Waals surface area contributed by atoms with Gasteiger partial charge in [0.2, 0.25) is 0 Å². The van der Waals surface area contributed by atoms with E-state index in [-0.39, 0.29) is 6.10 Å². The van der Waals surface area contributed by atoms with Gasteiger partial charge < -0.3 is 9.64 Å². The predicted molar refractivity (Wildman–Crippen MR) is 95.2 cm³/mol. The third-order valence-corrected chi connectivity index (χ3v) is 6.02. The van der Waals surface area contributed by atoms with Gasteiger partial charge in [-0.2, -0.15) is 0 Å². The maximum absolute atomic E-state index is 6.48. The number of piperidine rings is 1. The molecule has 0 spiro atoms. The molecule has 4 rings (SSSR count). The lowest BCUT2D eigenvalue weighted by Crippen LogP contribution is -2.33. The second kappa shape index (κ2) is 6.58. The third-order valence-electron chi connectivity index (χ3n) is 4.87. The second-order valence-electron chi connectivity index (χ2n) is 6.70. The summed E-state index contributed by atoms with van der Waals surface area (Å²) in [5.41, 5.74) is 1.35. The van der Waals surface area contributed by atoms with Gasteiger partial charge in [-0.25, -0.2) is 0 Å². The number of hydrogen-bond donors (Lipinski definition) is 0. The van der Waals surface area contributed by atoms with Crippen LogP contribution in [0, 0.1) is 5.92 Å². The summed E-state index contributed by atoms with van der Waals surface area (Å²) in [5, 5.41) is 0. The van der Waals surface area contributed by atoms with E-state index in [2.05, 4.69) is 60.5 Å². The molecule has 0 saturated carbocycles. The van der Waals surface area contributed by atoms with Crippen LogP contribution in [0.5, 0.6) is 5.75 Å². The summed E-state index contributed by atoms with van der Waals surface area (Å²) in [5.74, 6) is 1.75. The fourth-order valence-corrected chi connectivity index (χ4v) is 4.81. The zero-order valence-corrected chi connectivity index (χ0v) is 14.4. The number of likely N-dealkylation sites (tertiary alicyclic amines) is 1. The minimum atomic E-state index is 0.166. The molecule has 3 heteroatoms. The van der Waals surface area contributed by atoms with Gasteiger partial charge in [0.05, 0.1) is 4.90 Å². The first kappa shape index (κ1) is 15.1. The van der Waals surface area contributed by atoms with Gasteiger partial charge in [0, 0.05) is 17.0 Å². The average molecular weight is 325 g/mol. The number of nitrogens with zero attached hydrogens (tertiary/aromatic N) is 1. The third kappa shape index (κ3) is 3.26. The van der Waals surface area contributed by atoms with Crippen molar-refractivity contribution in [2.45, 2.75) is 35.2 Å². The van der Waals surface area contributed by atoms with Crippen molar-refractivity contribution >= 4 is 11.8 Å². The molecule has 0 unspecified atom stereocenters. The van der Waals surface area contributed by atoms with E-state index in [1.54, 1.807) is 0 Å². The number of benzene rings is 2. The van der Waals surface area contributed by atoms with E-state index in [0.29, 0.717) is 0 Å². The zero-order valence-electron chi connectivity index (χ0n) is 13.6. The Morgan fingerprint density at radius 1 is 1.09 bits per heavy atom. The molecule has 23 heavy (non-hydrogen) atoms. The van der Waals surface area contributed by atoms with Gasteiger partial charge >= 0.3 is 0 Å². The Kier molecular flexibility index (Phi) is 4.32. The molecule has 2 aliphatic rings. The molecule has 2 atom stereocenters. The van der Waals surface area contributed by atoms with Gasteiger partial charge in [-0.05, 0) is 57.0 Å². The molecule has 2 nitrogen and oxygen atoms in total. The van der Waals surface area contributed by atoms with Gasteiger partial charge in [0.1, 0.15) is 11.9 Å². The van der Waals surface area contributed by atoms with Crippen molar-refractivity contribution in [1.82, 2.24) is 4.90 Å². The molecule has 2 aliphatic heterocycles. The monoisotopic (exact) mass is 325 g/mol. The van der Waals surface area contributed by atoms with E-state index in [1.807, 2.05) is 11.8 Å². The van der Waals surface area contributed by atoms with Crippen LogP contribution in [-0.4, -0.2) is 25.0 Å². The van der Waals surface area contributed by atoms with Crippen LogP contribution < -0.4 is 4.74 Å². The normalized spacial score (nSPS) is 24.2. The molecule has 0 amide bonds. The summed E-state index contributed by atoms with van der Waals surface area (Å²) < 4.78 is 6.48. The number of fused-ring (bicyclic) bond motifs is 2. The molecule has 1 fully saturated rings. The van der Waals surface area contributed by atoms with Crippen LogP contribution >= 0.6 is 11.8 Å². The van der Waals surface area contributed by atoms with E-state index in [9.17, 15) is 0 Å². The highest BCUT2D eigenvalue weighted by atomic mass is 32.2. The Labute approximate surface area is 142 Å². The molecule has 1 saturated heterocycles. The SMILES string of the molecule is CN1CCC[C@H](C[C@@H]2Oc3ccccc3Sc3ccccc32)C1. The fraction of sp³-hybridized carbons (Fsp3) is 0.400. The highest BCUT2D eigenvalue weighted by Crippen LogP contribution is 2.45. The highest BCUT2D eigenvalue weighted by molar-refractivity contribution is 7.99. The van der Waals surface area contributed by atoms with E-state index >= 15 is 0 Å². The van der Waals surface area contributed by atoms with Gasteiger partial charge in [-0.1, -0.05) is 42.1 Å². The van der Waals surface area contributed by atoms with Gasteiger partial charge in [0.25, 0.3) is 0 Å². The molecule has 2 aromatic carbocycles. The smallest absolute Gasteiger partial charge is 0.134 e. The first-order valence-corrected chi connectivity index (χ1v) is 9.32. The maximum Gasteiger partial charge on any atom is 0.134 e. The molecule has 2 heterocycles. The minimum absolute atomic E-state index is 0.166. The van der Waals surface area contributed by atoms with Crippen LogP contribution in [-0.2, 0) is 0 Å². The van der Waals surface area contributed by atoms with E-state index in [4.69, 9.17) is 4.74 Å². The first-order valence-electron chi connectivity index (χ1n) is 8.50. The van der Waals surface area contributed by atoms with Crippen LogP contribution in [0.25, 0.3) is 0 Å². The largest absolute Gasteiger partial charge is 0.484 e. The molecule has 2 aromatic rings. The Morgan fingerprint density at radius 3 is 2.74 bits per heavy atom.